The third-order valence-electron chi connectivity index (χ3n) is 3.11. The summed E-state index contributed by atoms with van der Waals surface area (Å²) in [5.41, 5.74) is 1.06. The van der Waals surface area contributed by atoms with Gasteiger partial charge in [0.25, 0.3) is 0 Å². The standard InChI is InChI=1S/C16H25ClFNO/c1-3-8-19-14(7-10-20-9-4-2)11-13-5-6-16(18)15(17)12-13/h5-6,12,14,19H,3-4,7-11H2,1-2H3. The highest BCUT2D eigenvalue weighted by Gasteiger charge is 2.10. The zero-order valence-corrected chi connectivity index (χ0v) is 13.2. The van der Waals surface area contributed by atoms with Crippen LogP contribution in [0.5, 0.6) is 0 Å². The van der Waals surface area contributed by atoms with Crippen molar-refractivity contribution in [3.8, 4) is 0 Å². The van der Waals surface area contributed by atoms with Crippen molar-refractivity contribution in [2.45, 2.75) is 45.6 Å². The van der Waals surface area contributed by atoms with E-state index in [1.807, 2.05) is 0 Å². The van der Waals surface area contributed by atoms with Gasteiger partial charge in [0.15, 0.2) is 0 Å². The second-order valence-corrected chi connectivity index (χ2v) is 5.41. The lowest BCUT2D eigenvalue weighted by molar-refractivity contribution is 0.124. The van der Waals surface area contributed by atoms with Gasteiger partial charge in [0, 0.05) is 19.3 Å². The second-order valence-electron chi connectivity index (χ2n) is 5.00. The Labute approximate surface area is 126 Å². The molecule has 0 aliphatic carbocycles. The molecule has 0 spiro atoms. The first-order valence-corrected chi connectivity index (χ1v) is 7.80. The van der Waals surface area contributed by atoms with Gasteiger partial charge < -0.3 is 10.1 Å². The summed E-state index contributed by atoms with van der Waals surface area (Å²) in [6.07, 6.45) is 3.93. The Morgan fingerprint density at radius 2 is 2.05 bits per heavy atom. The van der Waals surface area contributed by atoms with E-state index in [9.17, 15) is 4.39 Å². The lowest BCUT2D eigenvalue weighted by atomic mass is 10.0. The number of benzene rings is 1. The Morgan fingerprint density at radius 3 is 2.70 bits per heavy atom. The molecule has 0 saturated carbocycles. The third-order valence-corrected chi connectivity index (χ3v) is 3.40. The Morgan fingerprint density at radius 1 is 1.25 bits per heavy atom. The average molecular weight is 302 g/mol. The normalized spacial score (nSPS) is 12.6. The number of rotatable bonds is 10. The van der Waals surface area contributed by atoms with Crippen LogP contribution in [0.2, 0.25) is 5.02 Å². The quantitative estimate of drug-likeness (QED) is 0.654. The van der Waals surface area contributed by atoms with Crippen LogP contribution in [0, 0.1) is 5.82 Å². The van der Waals surface area contributed by atoms with Crippen molar-refractivity contribution >= 4 is 11.6 Å². The molecule has 114 valence electrons. The van der Waals surface area contributed by atoms with Crippen molar-refractivity contribution in [2.75, 3.05) is 19.8 Å². The number of hydrogen-bond donors (Lipinski definition) is 1. The maximum absolute atomic E-state index is 13.2. The van der Waals surface area contributed by atoms with Crippen LogP contribution in [0.4, 0.5) is 4.39 Å². The predicted molar refractivity (Wildman–Crippen MR) is 82.9 cm³/mol. The average Bonchev–Trinajstić information content (AvgIpc) is 2.44. The minimum absolute atomic E-state index is 0.193. The van der Waals surface area contributed by atoms with Gasteiger partial charge in [0.2, 0.25) is 0 Å². The molecule has 2 nitrogen and oxygen atoms in total. The molecule has 0 aliphatic heterocycles. The molecule has 0 aliphatic rings. The highest BCUT2D eigenvalue weighted by molar-refractivity contribution is 6.30. The summed E-state index contributed by atoms with van der Waals surface area (Å²) in [5.74, 6) is -0.361. The topological polar surface area (TPSA) is 21.3 Å². The van der Waals surface area contributed by atoms with E-state index < -0.39 is 0 Å². The summed E-state index contributed by atoms with van der Waals surface area (Å²) in [6.45, 7) is 6.79. The monoisotopic (exact) mass is 301 g/mol. The molecule has 1 N–H and O–H groups in total. The Hall–Kier alpha value is -0.640. The van der Waals surface area contributed by atoms with Crippen molar-refractivity contribution < 1.29 is 9.13 Å². The van der Waals surface area contributed by atoms with E-state index in [1.54, 1.807) is 12.1 Å². The van der Waals surface area contributed by atoms with Crippen LogP contribution in [-0.4, -0.2) is 25.8 Å². The Balaban J connectivity index is 2.51. The van der Waals surface area contributed by atoms with E-state index in [-0.39, 0.29) is 10.8 Å². The van der Waals surface area contributed by atoms with E-state index in [0.717, 1.165) is 51.0 Å². The number of hydrogen-bond acceptors (Lipinski definition) is 2. The van der Waals surface area contributed by atoms with Crippen LogP contribution in [-0.2, 0) is 11.2 Å². The predicted octanol–water partition coefficient (Wildman–Crippen LogP) is 4.21. The van der Waals surface area contributed by atoms with Gasteiger partial charge in [0.1, 0.15) is 5.82 Å². The Bertz CT molecular complexity index is 387. The van der Waals surface area contributed by atoms with Crippen LogP contribution in [0.15, 0.2) is 18.2 Å². The molecule has 0 aromatic heterocycles. The molecule has 1 rings (SSSR count). The van der Waals surface area contributed by atoms with Crippen molar-refractivity contribution in [3.05, 3.63) is 34.6 Å². The maximum atomic E-state index is 13.2. The maximum Gasteiger partial charge on any atom is 0.141 e. The van der Waals surface area contributed by atoms with Crippen molar-refractivity contribution in [1.82, 2.24) is 5.32 Å². The molecule has 1 unspecified atom stereocenters. The minimum Gasteiger partial charge on any atom is -0.381 e. The molecule has 4 heteroatoms. The lowest BCUT2D eigenvalue weighted by Crippen LogP contribution is -2.33. The number of halogens is 2. The van der Waals surface area contributed by atoms with E-state index in [0.29, 0.717) is 6.04 Å². The fourth-order valence-electron chi connectivity index (χ4n) is 2.05. The highest BCUT2D eigenvalue weighted by Crippen LogP contribution is 2.17. The molecule has 1 aromatic carbocycles. The summed E-state index contributed by atoms with van der Waals surface area (Å²) in [4.78, 5) is 0. The van der Waals surface area contributed by atoms with Gasteiger partial charge in [-0.15, -0.1) is 0 Å². The van der Waals surface area contributed by atoms with Gasteiger partial charge in [-0.2, -0.15) is 0 Å². The molecule has 0 radical (unpaired) electrons. The van der Waals surface area contributed by atoms with Gasteiger partial charge in [-0.3, -0.25) is 0 Å². The molecule has 0 fully saturated rings. The summed E-state index contributed by atoms with van der Waals surface area (Å²) < 4.78 is 18.7. The lowest BCUT2D eigenvalue weighted by Gasteiger charge is -2.19. The van der Waals surface area contributed by atoms with Crippen molar-refractivity contribution in [1.29, 1.82) is 0 Å². The smallest absolute Gasteiger partial charge is 0.141 e. The fourth-order valence-corrected chi connectivity index (χ4v) is 2.25. The summed E-state index contributed by atoms with van der Waals surface area (Å²) in [5, 5.41) is 3.71. The molecule has 0 heterocycles. The Kier molecular flexibility index (Phi) is 8.83. The van der Waals surface area contributed by atoms with Gasteiger partial charge >= 0.3 is 0 Å². The summed E-state index contributed by atoms with van der Waals surface area (Å²) >= 11 is 5.83. The van der Waals surface area contributed by atoms with E-state index >= 15 is 0 Å². The van der Waals surface area contributed by atoms with Crippen LogP contribution < -0.4 is 5.32 Å². The van der Waals surface area contributed by atoms with Gasteiger partial charge in [-0.1, -0.05) is 31.5 Å². The van der Waals surface area contributed by atoms with Gasteiger partial charge in [0.05, 0.1) is 5.02 Å². The summed E-state index contributed by atoms with van der Waals surface area (Å²) in [6, 6.07) is 5.29. The van der Waals surface area contributed by atoms with Gasteiger partial charge in [-0.25, -0.2) is 4.39 Å². The molecule has 20 heavy (non-hydrogen) atoms. The van der Waals surface area contributed by atoms with Crippen molar-refractivity contribution in [2.24, 2.45) is 0 Å². The van der Waals surface area contributed by atoms with Crippen LogP contribution in [0.25, 0.3) is 0 Å². The fraction of sp³-hybridized carbons (Fsp3) is 0.625. The molecule has 0 bridgehead atoms. The number of ether oxygens (including phenoxy) is 1. The molecular formula is C16H25ClFNO. The highest BCUT2D eigenvalue weighted by atomic mass is 35.5. The molecule has 1 atom stereocenters. The second kappa shape index (κ2) is 10.1. The molecule has 0 saturated heterocycles. The zero-order chi connectivity index (χ0) is 14.8. The van der Waals surface area contributed by atoms with Gasteiger partial charge in [-0.05, 0) is 49.9 Å². The third kappa shape index (κ3) is 6.69. The van der Waals surface area contributed by atoms with Crippen molar-refractivity contribution in [3.63, 3.8) is 0 Å². The van der Waals surface area contributed by atoms with E-state index in [1.165, 1.54) is 6.07 Å². The molecular weight excluding hydrogens is 277 g/mol. The van der Waals surface area contributed by atoms with Crippen LogP contribution >= 0.6 is 11.6 Å². The largest absolute Gasteiger partial charge is 0.381 e. The minimum atomic E-state index is -0.361. The van der Waals surface area contributed by atoms with E-state index in [2.05, 4.69) is 19.2 Å². The molecule has 1 aromatic rings. The first-order chi connectivity index (χ1) is 9.67. The number of nitrogens with one attached hydrogen (secondary N) is 1. The van der Waals surface area contributed by atoms with Crippen LogP contribution in [0.3, 0.4) is 0 Å². The molecule has 0 amide bonds. The van der Waals surface area contributed by atoms with Crippen LogP contribution in [0.1, 0.15) is 38.7 Å². The zero-order valence-electron chi connectivity index (χ0n) is 12.4. The first kappa shape index (κ1) is 17.4. The SMILES string of the molecule is CCCNC(CCOCCC)Cc1ccc(F)c(Cl)c1. The van der Waals surface area contributed by atoms with E-state index in [4.69, 9.17) is 16.3 Å². The summed E-state index contributed by atoms with van der Waals surface area (Å²) in [7, 11) is 0. The first-order valence-electron chi connectivity index (χ1n) is 7.42.